The molecule has 2 aromatic rings. The highest BCUT2D eigenvalue weighted by Crippen LogP contribution is 2.26. The molecule has 1 aliphatic rings. The topological polar surface area (TPSA) is 82.3 Å². The molecule has 0 radical (unpaired) electrons. The number of hydrogen-bond donors (Lipinski definition) is 1. The smallest absolute Gasteiger partial charge is 0.183 e. The predicted molar refractivity (Wildman–Crippen MR) is 62.0 cm³/mol. The molecule has 18 heavy (non-hydrogen) atoms. The third-order valence-corrected chi connectivity index (χ3v) is 2.95. The highest BCUT2D eigenvalue weighted by Gasteiger charge is 2.28. The van der Waals surface area contributed by atoms with Gasteiger partial charge in [0.1, 0.15) is 11.3 Å². The maximum Gasteiger partial charge on any atom is 0.183 e. The highest BCUT2D eigenvalue weighted by atomic mass is 35.5. The van der Waals surface area contributed by atoms with Gasteiger partial charge in [-0.3, -0.25) is 4.57 Å². The molecule has 0 spiro atoms. The largest absolute Gasteiger partial charge is 0.391 e. The number of halogens is 1. The van der Waals surface area contributed by atoms with Crippen LogP contribution >= 0.6 is 11.6 Å². The Morgan fingerprint density at radius 3 is 3.11 bits per heavy atom. The molecule has 7 nitrogen and oxygen atoms in total. The van der Waals surface area contributed by atoms with Crippen molar-refractivity contribution >= 4 is 22.8 Å². The Balaban J connectivity index is 2.03. The van der Waals surface area contributed by atoms with Crippen molar-refractivity contribution in [2.75, 3.05) is 13.2 Å². The van der Waals surface area contributed by atoms with E-state index in [1.807, 2.05) is 0 Å². The number of aryl methyl sites for hydroxylation is 1. The van der Waals surface area contributed by atoms with Crippen LogP contribution in [0.25, 0.3) is 11.2 Å². The molecule has 8 heteroatoms. The van der Waals surface area contributed by atoms with Crippen molar-refractivity contribution in [3.8, 4) is 0 Å². The molecular weight excluding hydrogens is 260 g/mol. The molecule has 3 heterocycles. The van der Waals surface area contributed by atoms with Gasteiger partial charge in [0.05, 0.1) is 19.5 Å². The predicted octanol–water partition coefficient (Wildman–Crippen LogP) is 0.652. The molecule has 1 N–H and O–H groups in total. The lowest BCUT2D eigenvalue weighted by atomic mass is 10.5. The molecule has 1 fully saturated rings. The Bertz CT molecular complexity index is 588. The summed E-state index contributed by atoms with van der Waals surface area (Å²) in [6, 6.07) is 0. The van der Waals surface area contributed by atoms with Crippen LogP contribution in [0.3, 0.4) is 0 Å². The Hall–Kier alpha value is -1.28. The van der Waals surface area contributed by atoms with Crippen LogP contribution in [0.2, 0.25) is 5.15 Å². The van der Waals surface area contributed by atoms with Crippen molar-refractivity contribution in [2.45, 2.75) is 19.4 Å². The van der Waals surface area contributed by atoms with E-state index in [-0.39, 0.29) is 12.8 Å². The molecule has 96 valence electrons. The van der Waals surface area contributed by atoms with Gasteiger partial charge in [-0.05, 0) is 6.92 Å². The van der Waals surface area contributed by atoms with Crippen LogP contribution in [0.5, 0.6) is 0 Å². The summed E-state index contributed by atoms with van der Waals surface area (Å²) in [4.78, 5) is 12.5. The summed E-state index contributed by atoms with van der Waals surface area (Å²) in [5.74, 6) is 0.562. The molecule has 0 amide bonds. The summed E-state index contributed by atoms with van der Waals surface area (Å²) < 4.78 is 12.5. The quantitative estimate of drug-likeness (QED) is 0.807. The minimum Gasteiger partial charge on any atom is -0.391 e. The van der Waals surface area contributed by atoms with Gasteiger partial charge in [0.25, 0.3) is 0 Å². The Kier molecular flexibility index (Phi) is 2.90. The zero-order valence-corrected chi connectivity index (χ0v) is 10.3. The van der Waals surface area contributed by atoms with Crippen molar-refractivity contribution in [3.63, 3.8) is 0 Å². The van der Waals surface area contributed by atoms with Crippen LogP contribution in [0.15, 0.2) is 6.33 Å². The van der Waals surface area contributed by atoms with Crippen molar-refractivity contribution in [3.05, 3.63) is 17.3 Å². The van der Waals surface area contributed by atoms with E-state index in [1.54, 1.807) is 17.8 Å². The molecule has 0 unspecified atom stereocenters. The number of aliphatic hydroxyl groups is 1. The van der Waals surface area contributed by atoms with Crippen LogP contribution in [-0.2, 0) is 9.47 Å². The maximum absolute atomic E-state index is 8.96. The lowest BCUT2D eigenvalue weighted by Crippen LogP contribution is -2.15. The van der Waals surface area contributed by atoms with Gasteiger partial charge in [-0.2, -0.15) is 0 Å². The van der Waals surface area contributed by atoms with Crippen LogP contribution in [0, 0.1) is 6.92 Å². The highest BCUT2D eigenvalue weighted by molar-refractivity contribution is 6.33. The van der Waals surface area contributed by atoms with Crippen molar-refractivity contribution in [1.82, 2.24) is 19.5 Å². The lowest BCUT2D eigenvalue weighted by molar-refractivity contribution is -0.0980. The first-order valence-corrected chi connectivity index (χ1v) is 5.81. The van der Waals surface area contributed by atoms with Gasteiger partial charge in [0.2, 0.25) is 0 Å². The van der Waals surface area contributed by atoms with E-state index in [2.05, 4.69) is 15.0 Å². The first-order valence-electron chi connectivity index (χ1n) is 5.43. The number of fused-ring (bicyclic) bond motifs is 1. The van der Waals surface area contributed by atoms with Crippen LogP contribution < -0.4 is 0 Å². The summed E-state index contributed by atoms with van der Waals surface area (Å²) in [7, 11) is 0. The average Bonchev–Trinajstić information content (AvgIpc) is 2.93. The first kappa shape index (κ1) is 11.8. The van der Waals surface area contributed by atoms with Gasteiger partial charge in [0, 0.05) is 0 Å². The van der Waals surface area contributed by atoms with Gasteiger partial charge < -0.3 is 14.6 Å². The number of nitrogens with zero attached hydrogens (tertiary/aromatic N) is 4. The number of aliphatic hydroxyl groups excluding tert-OH is 1. The number of rotatable bonds is 2. The zero-order valence-electron chi connectivity index (χ0n) is 9.58. The van der Waals surface area contributed by atoms with Crippen molar-refractivity contribution < 1.29 is 14.6 Å². The Labute approximate surface area is 107 Å². The standard InChI is InChI=1S/C10H11ClN4O3/c1-5-13-9(11)8-10(14-5)15(4-12-8)6-3-17-7(2-16)18-6/h4,6-7,16H,2-3H2,1H3/t6-,7-/m1/s1. The van der Waals surface area contributed by atoms with E-state index in [0.717, 1.165) is 0 Å². The third-order valence-electron chi connectivity index (χ3n) is 2.68. The molecule has 0 bridgehead atoms. The molecule has 0 aromatic carbocycles. The van der Waals surface area contributed by atoms with Gasteiger partial charge in [-0.25, -0.2) is 15.0 Å². The van der Waals surface area contributed by atoms with Gasteiger partial charge in [-0.15, -0.1) is 0 Å². The summed E-state index contributed by atoms with van der Waals surface area (Å²) in [6.45, 7) is 1.90. The van der Waals surface area contributed by atoms with E-state index in [0.29, 0.717) is 28.7 Å². The fourth-order valence-corrected chi connectivity index (χ4v) is 2.14. The zero-order chi connectivity index (χ0) is 12.7. The van der Waals surface area contributed by atoms with Gasteiger partial charge in [0.15, 0.2) is 23.3 Å². The SMILES string of the molecule is Cc1nc(Cl)c2ncn([C@H]3CO[C@@H](CO)O3)c2n1. The second-order valence-corrected chi connectivity index (χ2v) is 4.28. The van der Waals surface area contributed by atoms with E-state index >= 15 is 0 Å². The lowest BCUT2D eigenvalue weighted by Gasteiger charge is -2.11. The number of aromatic nitrogens is 4. The molecule has 3 rings (SSSR count). The summed E-state index contributed by atoms with van der Waals surface area (Å²) in [6.07, 6.45) is 0.613. The fourth-order valence-electron chi connectivity index (χ4n) is 1.88. The minimum atomic E-state index is -0.606. The summed E-state index contributed by atoms with van der Waals surface area (Å²) in [5, 5.41) is 9.27. The molecule has 2 aromatic heterocycles. The van der Waals surface area contributed by atoms with E-state index < -0.39 is 6.29 Å². The van der Waals surface area contributed by atoms with Crippen LogP contribution in [-0.4, -0.2) is 44.1 Å². The van der Waals surface area contributed by atoms with Crippen LogP contribution in [0.4, 0.5) is 0 Å². The van der Waals surface area contributed by atoms with E-state index in [4.69, 9.17) is 26.2 Å². The fraction of sp³-hybridized carbons (Fsp3) is 0.500. The van der Waals surface area contributed by atoms with E-state index in [1.165, 1.54) is 0 Å². The maximum atomic E-state index is 8.96. The summed E-state index contributed by atoms with van der Waals surface area (Å²) >= 11 is 6.00. The van der Waals surface area contributed by atoms with Crippen molar-refractivity contribution in [1.29, 1.82) is 0 Å². The number of ether oxygens (including phenoxy) is 2. The van der Waals surface area contributed by atoms with Crippen LogP contribution in [0.1, 0.15) is 12.1 Å². The summed E-state index contributed by atoms with van der Waals surface area (Å²) in [5.41, 5.74) is 1.12. The Morgan fingerprint density at radius 1 is 1.56 bits per heavy atom. The second kappa shape index (κ2) is 4.43. The molecule has 2 atom stereocenters. The van der Waals surface area contributed by atoms with E-state index in [9.17, 15) is 0 Å². The normalized spacial score (nSPS) is 23.9. The first-order chi connectivity index (χ1) is 8.69. The number of imidazole rings is 1. The molecule has 1 aliphatic heterocycles. The molecule has 1 saturated heterocycles. The third kappa shape index (κ3) is 1.85. The van der Waals surface area contributed by atoms with Gasteiger partial charge >= 0.3 is 0 Å². The molecular formula is C10H11ClN4O3. The molecule has 0 saturated carbocycles. The Morgan fingerprint density at radius 2 is 2.39 bits per heavy atom. The average molecular weight is 271 g/mol. The second-order valence-electron chi connectivity index (χ2n) is 3.92. The number of hydrogen-bond acceptors (Lipinski definition) is 6. The molecule has 0 aliphatic carbocycles. The monoisotopic (exact) mass is 270 g/mol. The minimum absolute atomic E-state index is 0.183. The van der Waals surface area contributed by atoms with Gasteiger partial charge in [-0.1, -0.05) is 11.6 Å². The van der Waals surface area contributed by atoms with Crippen molar-refractivity contribution in [2.24, 2.45) is 0 Å².